The summed E-state index contributed by atoms with van der Waals surface area (Å²) in [4.78, 5) is 24.0. The third-order valence-corrected chi connectivity index (χ3v) is 3.94. The minimum absolute atomic E-state index is 0.201. The van der Waals surface area contributed by atoms with Crippen molar-refractivity contribution in [3.8, 4) is 17.3 Å². The van der Waals surface area contributed by atoms with E-state index in [4.69, 9.17) is 5.26 Å². The number of thiophene rings is 1. The third kappa shape index (κ3) is 3.56. The standard InChI is InChI=1S/C17H12N4O2S/c18-9-12-2-1-3-14(8-12)19-16(22)10-21-17(23)5-4-15(20-21)13-6-7-24-11-13/h1-8,11H,10H2,(H,19,22). The Morgan fingerprint density at radius 3 is 2.92 bits per heavy atom. The number of carbonyl (C=O) groups excluding carboxylic acids is 1. The van der Waals surface area contributed by atoms with Crippen molar-refractivity contribution in [2.45, 2.75) is 6.54 Å². The van der Waals surface area contributed by atoms with Crippen LogP contribution >= 0.6 is 11.3 Å². The molecule has 1 aromatic carbocycles. The van der Waals surface area contributed by atoms with E-state index in [9.17, 15) is 9.59 Å². The first-order valence-electron chi connectivity index (χ1n) is 7.06. The van der Waals surface area contributed by atoms with Crippen LogP contribution in [-0.2, 0) is 11.3 Å². The minimum atomic E-state index is -0.387. The van der Waals surface area contributed by atoms with Crippen LogP contribution in [0.25, 0.3) is 11.3 Å². The molecule has 0 saturated heterocycles. The maximum Gasteiger partial charge on any atom is 0.267 e. The van der Waals surface area contributed by atoms with Crippen LogP contribution in [0.2, 0.25) is 0 Å². The number of carbonyl (C=O) groups is 1. The second kappa shape index (κ2) is 6.89. The molecule has 1 N–H and O–H groups in total. The van der Waals surface area contributed by atoms with Crippen molar-refractivity contribution in [1.82, 2.24) is 9.78 Å². The molecule has 1 amide bonds. The lowest BCUT2D eigenvalue weighted by Crippen LogP contribution is -2.29. The highest BCUT2D eigenvalue weighted by molar-refractivity contribution is 7.08. The number of anilines is 1. The molecule has 0 saturated carbocycles. The SMILES string of the molecule is N#Cc1cccc(NC(=O)Cn2nc(-c3ccsc3)ccc2=O)c1. The summed E-state index contributed by atoms with van der Waals surface area (Å²) in [6, 6.07) is 13.5. The first-order chi connectivity index (χ1) is 11.7. The summed E-state index contributed by atoms with van der Waals surface area (Å²) in [6.45, 7) is -0.201. The third-order valence-electron chi connectivity index (χ3n) is 3.25. The summed E-state index contributed by atoms with van der Waals surface area (Å²) in [5.41, 5.74) is 2.13. The number of benzene rings is 1. The number of aromatic nitrogens is 2. The van der Waals surface area contributed by atoms with Crippen LogP contribution in [0.5, 0.6) is 0 Å². The monoisotopic (exact) mass is 336 g/mol. The van der Waals surface area contributed by atoms with E-state index in [2.05, 4.69) is 10.4 Å². The Kier molecular flexibility index (Phi) is 4.50. The number of nitriles is 1. The molecule has 3 rings (SSSR count). The fourth-order valence-electron chi connectivity index (χ4n) is 2.13. The van der Waals surface area contributed by atoms with Crippen LogP contribution in [0.4, 0.5) is 5.69 Å². The molecule has 3 aromatic rings. The van der Waals surface area contributed by atoms with E-state index in [0.29, 0.717) is 16.9 Å². The van der Waals surface area contributed by atoms with E-state index in [1.54, 1.807) is 30.3 Å². The van der Waals surface area contributed by atoms with Gasteiger partial charge in [-0.1, -0.05) is 6.07 Å². The summed E-state index contributed by atoms with van der Waals surface area (Å²) in [5.74, 6) is -0.387. The van der Waals surface area contributed by atoms with Crippen molar-refractivity contribution >= 4 is 22.9 Å². The molecule has 0 bridgehead atoms. The molecular weight excluding hydrogens is 324 g/mol. The zero-order valence-corrected chi connectivity index (χ0v) is 13.3. The molecular formula is C17H12N4O2S. The Hall–Kier alpha value is -3.24. The van der Waals surface area contributed by atoms with E-state index in [0.717, 1.165) is 10.2 Å². The van der Waals surface area contributed by atoms with E-state index < -0.39 is 0 Å². The van der Waals surface area contributed by atoms with E-state index in [1.807, 2.05) is 22.9 Å². The molecule has 0 spiro atoms. The van der Waals surface area contributed by atoms with E-state index in [-0.39, 0.29) is 18.0 Å². The lowest BCUT2D eigenvalue weighted by Gasteiger charge is -2.08. The smallest absolute Gasteiger partial charge is 0.267 e. The summed E-state index contributed by atoms with van der Waals surface area (Å²) in [7, 11) is 0. The van der Waals surface area contributed by atoms with Crippen molar-refractivity contribution in [2.75, 3.05) is 5.32 Å². The molecule has 24 heavy (non-hydrogen) atoms. The van der Waals surface area contributed by atoms with Gasteiger partial charge in [0.1, 0.15) is 6.54 Å². The van der Waals surface area contributed by atoms with Crippen molar-refractivity contribution in [1.29, 1.82) is 5.26 Å². The van der Waals surface area contributed by atoms with Gasteiger partial charge in [-0.25, -0.2) is 4.68 Å². The lowest BCUT2D eigenvalue weighted by atomic mass is 10.2. The average molecular weight is 336 g/mol. The number of hydrogen-bond donors (Lipinski definition) is 1. The zero-order valence-electron chi connectivity index (χ0n) is 12.5. The summed E-state index contributed by atoms with van der Waals surface area (Å²) >= 11 is 1.53. The number of nitrogens with one attached hydrogen (secondary N) is 1. The van der Waals surface area contributed by atoms with Crippen LogP contribution in [0.3, 0.4) is 0 Å². The van der Waals surface area contributed by atoms with Gasteiger partial charge >= 0.3 is 0 Å². The topological polar surface area (TPSA) is 87.8 Å². The number of rotatable bonds is 4. The summed E-state index contributed by atoms with van der Waals surface area (Å²) < 4.78 is 1.12. The van der Waals surface area contributed by atoms with Crippen molar-refractivity contribution in [2.24, 2.45) is 0 Å². The molecule has 0 aliphatic heterocycles. The molecule has 0 aliphatic rings. The highest BCUT2D eigenvalue weighted by atomic mass is 32.1. The fourth-order valence-corrected chi connectivity index (χ4v) is 2.78. The predicted octanol–water partition coefficient (Wildman–Crippen LogP) is 2.48. The van der Waals surface area contributed by atoms with Crippen LogP contribution in [0.15, 0.2) is 58.0 Å². The number of amides is 1. The molecule has 0 aliphatic carbocycles. The van der Waals surface area contributed by atoms with Gasteiger partial charge in [-0.15, -0.1) is 0 Å². The van der Waals surface area contributed by atoms with Crippen molar-refractivity contribution in [3.63, 3.8) is 0 Å². The van der Waals surface area contributed by atoms with Gasteiger partial charge in [0.25, 0.3) is 5.56 Å². The Balaban J connectivity index is 1.78. The van der Waals surface area contributed by atoms with Crippen LogP contribution in [-0.4, -0.2) is 15.7 Å². The van der Waals surface area contributed by atoms with E-state index >= 15 is 0 Å². The molecule has 0 atom stereocenters. The maximum absolute atomic E-state index is 12.1. The second-order valence-electron chi connectivity index (χ2n) is 4.97. The van der Waals surface area contributed by atoms with Gasteiger partial charge in [-0.2, -0.15) is 21.7 Å². The quantitative estimate of drug-likeness (QED) is 0.793. The first kappa shape index (κ1) is 15.6. The van der Waals surface area contributed by atoms with E-state index in [1.165, 1.54) is 17.4 Å². The lowest BCUT2D eigenvalue weighted by molar-refractivity contribution is -0.117. The zero-order chi connectivity index (χ0) is 16.9. The highest BCUT2D eigenvalue weighted by Crippen LogP contribution is 2.18. The van der Waals surface area contributed by atoms with Gasteiger partial charge in [0, 0.05) is 22.7 Å². The Morgan fingerprint density at radius 1 is 1.29 bits per heavy atom. The molecule has 2 aromatic heterocycles. The molecule has 7 heteroatoms. The van der Waals surface area contributed by atoms with Gasteiger partial charge in [0.2, 0.25) is 5.91 Å². The maximum atomic E-state index is 12.1. The van der Waals surface area contributed by atoms with Crippen LogP contribution < -0.4 is 10.9 Å². The average Bonchev–Trinajstić information content (AvgIpc) is 3.11. The second-order valence-corrected chi connectivity index (χ2v) is 5.75. The summed E-state index contributed by atoms with van der Waals surface area (Å²) in [6.07, 6.45) is 0. The summed E-state index contributed by atoms with van der Waals surface area (Å²) in [5, 5.41) is 19.6. The van der Waals surface area contributed by atoms with Crippen LogP contribution in [0, 0.1) is 11.3 Å². The van der Waals surface area contributed by atoms with Gasteiger partial charge in [-0.3, -0.25) is 9.59 Å². The minimum Gasteiger partial charge on any atom is -0.324 e. The normalized spacial score (nSPS) is 10.1. The molecule has 0 unspecified atom stereocenters. The molecule has 118 valence electrons. The highest BCUT2D eigenvalue weighted by Gasteiger charge is 2.09. The molecule has 2 heterocycles. The van der Waals surface area contributed by atoms with Crippen LogP contribution in [0.1, 0.15) is 5.56 Å². The Labute approximate surface area is 141 Å². The van der Waals surface area contributed by atoms with Gasteiger partial charge < -0.3 is 5.32 Å². The Bertz CT molecular complexity index is 971. The first-order valence-corrected chi connectivity index (χ1v) is 8.01. The molecule has 0 fully saturated rings. The van der Waals surface area contributed by atoms with Crippen molar-refractivity contribution in [3.05, 3.63) is 69.1 Å². The molecule has 0 radical (unpaired) electrons. The fraction of sp³-hybridized carbons (Fsp3) is 0.0588. The predicted molar refractivity (Wildman–Crippen MR) is 91.6 cm³/mol. The largest absolute Gasteiger partial charge is 0.324 e. The Morgan fingerprint density at radius 2 is 2.17 bits per heavy atom. The molecule has 6 nitrogen and oxygen atoms in total. The van der Waals surface area contributed by atoms with Gasteiger partial charge in [0.15, 0.2) is 0 Å². The number of hydrogen-bond acceptors (Lipinski definition) is 5. The van der Waals surface area contributed by atoms with Gasteiger partial charge in [-0.05, 0) is 35.7 Å². The van der Waals surface area contributed by atoms with Crippen molar-refractivity contribution < 1.29 is 4.79 Å². The van der Waals surface area contributed by atoms with Gasteiger partial charge in [0.05, 0.1) is 17.3 Å². The number of nitrogens with zero attached hydrogens (tertiary/aromatic N) is 3.